The van der Waals surface area contributed by atoms with Crippen LogP contribution < -0.4 is 0 Å². The third-order valence-corrected chi connectivity index (χ3v) is 3.76. The van der Waals surface area contributed by atoms with Crippen LogP contribution in [0.2, 0.25) is 0 Å². The zero-order chi connectivity index (χ0) is 19.5. The molecule has 6 heteroatoms. The maximum Gasteiger partial charge on any atom is 0.329 e. The molecule has 0 radical (unpaired) electrons. The van der Waals surface area contributed by atoms with Crippen LogP contribution in [0.3, 0.4) is 0 Å². The maximum atomic E-state index is 11.1. The molecule has 0 heterocycles. The van der Waals surface area contributed by atoms with Gasteiger partial charge in [-0.25, -0.2) is 4.79 Å². The van der Waals surface area contributed by atoms with Crippen molar-refractivity contribution in [1.82, 2.24) is 0 Å². The molecule has 26 heavy (non-hydrogen) atoms. The SMILES string of the molecule is CC/C=C/C/C=C/C/C=C(/CCCCCCCCOCC(=O)O)[N+](=O)[O-]. The van der Waals surface area contributed by atoms with Crippen molar-refractivity contribution in [1.29, 1.82) is 0 Å². The first kappa shape index (κ1) is 24.1. The molecule has 0 aliphatic rings. The van der Waals surface area contributed by atoms with Crippen molar-refractivity contribution < 1.29 is 19.6 Å². The predicted octanol–water partition coefficient (Wildman–Crippen LogP) is 5.28. The van der Waals surface area contributed by atoms with E-state index in [9.17, 15) is 14.9 Å². The highest BCUT2D eigenvalue weighted by Crippen LogP contribution is 2.13. The molecule has 0 saturated heterocycles. The number of unbranched alkanes of at least 4 members (excludes halogenated alkanes) is 5. The van der Waals surface area contributed by atoms with Crippen LogP contribution in [0.5, 0.6) is 0 Å². The largest absolute Gasteiger partial charge is 0.480 e. The molecule has 0 aliphatic carbocycles. The van der Waals surface area contributed by atoms with Gasteiger partial charge in [0.1, 0.15) is 6.61 Å². The fourth-order valence-electron chi connectivity index (χ4n) is 2.38. The fourth-order valence-corrected chi connectivity index (χ4v) is 2.38. The van der Waals surface area contributed by atoms with Gasteiger partial charge in [-0.3, -0.25) is 10.1 Å². The van der Waals surface area contributed by atoms with E-state index in [1.807, 2.05) is 12.2 Å². The molecular weight excluding hydrogens is 334 g/mol. The van der Waals surface area contributed by atoms with Gasteiger partial charge in [0.15, 0.2) is 0 Å². The number of aliphatic carboxylic acids is 1. The van der Waals surface area contributed by atoms with Crippen LogP contribution in [0.4, 0.5) is 0 Å². The summed E-state index contributed by atoms with van der Waals surface area (Å²) in [6.45, 7) is 2.33. The number of nitro groups is 1. The number of hydrogen-bond donors (Lipinski definition) is 1. The number of ether oxygens (including phenoxy) is 1. The molecular formula is C20H33NO5. The van der Waals surface area contributed by atoms with Gasteiger partial charge in [0.25, 0.3) is 0 Å². The zero-order valence-corrected chi connectivity index (χ0v) is 15.9. The normalized spacial score (nSPS) is 12.3. The molecule has 0 unspecified atom stereocenters. The Bertz CT molecular complexity index is 469. The molecule has 0 saturated carbocycles. The van der Waals surface area contributed by atoms with Crippen LogP contribution in [0.15, 0.2) is 36.1 Å². The van der Waals surface area contributed by atoms with Crippen molar-refractivity contribution >= 4 is 5.97 Å². The van der Waals surface area contributed by atoms with Gasteiger partial charge in [-0.05, 0) is 38.2 Å². The Kier molecular flexibility index (Phi) is 16.5. The summed E-state index contributed by atoms with van der Waals surface area (Å²) in [5, 5.41) is 19.5. The maximum absolute atomic E-state index is 11.1. The van der Waals surface area contributed by atoms with E-state index < -0.39 is 5.97 Å². The smallest absolute Gasteiger partial charge is 0.329 e. The predicted molar refractivity (Wildman–Crippen MR) is 104 cm³/mol. The highest BCUT2D eigenvalue weighted by Gasteiger charge is 2.08. The Morgan fingerprint density at radius 2 is 1.62 bits per heavy atom. The summed E-state index contributed by atoms with van der Waals surface area (Å²) in [6, 6.07) is 0. The van der Waals surface area contributed by atoms with Gasteiger partial charge in [-0.2, -0.15) is 0 Å². The van der Waals surface area contributed by atoms with Gasteiger partial charge in [-0.15, -0.1) is 0 Å². The van der Waals surface area contributed by atoms with E-state index in [1.165, 1.54) is 0 Å². The van der Waals surface area contributed by atoms with E-state index in [2.05, 4.69) is 19.1 Å². The molecule has 0 aromatic carbocycles. The minimum absolute atomic E-state index is 0.235. The second kappa shape index (κ2) is 17.9. The number of carboxylic acid groups (broad SMARTS) is 1. The first-order valence-corrected chi connectivity index (χ1v) is 9.50. The molecule has 0 rings (SSSR count). The third-order valence-electron chi connectivity index (χ3n) is 3.76. The van der Waals surface area contributed by atoms with Gasteiger partial charge < -0.3 is 9.84 Å². The molecule has 148 valence electrons. The van der Waals surface area contributed by atoms with Crippen molar-refractivity contribution in [2.45, 2.75) is 71.1 Å². The number of hydrogen-bond acceptors (Lipinski definition) is 4. The molecule has 0 atom stereocenters. The lowest BCUT2D eigenvalue weighted by Gasteiger charge is -2.02. The van der Waals surface area contributed by atoms with E-state index in [0.29, 0.717) is 25.1 Å². The summed E-state index contributed by atoms with van der Waals surface area (Å²) in [4.78, 5) is 21.1. The van der Waals surface area contributed by atoms with Crippen molar-refractivity contribution in [3.05, 3.63) is 46.2 Å². The summed E-state index contributed by atoms with van der Waals surface area (Å²) in [7, 11) is 0. The Labute approximate surface area is 156 Å². The fraction of sp³-hybridized carbons (Fsp3) is 0.650. The van der Waals surface area contributed by atoms with Gasteiger partial charge in [0.2, 0.25) is 5.70 Å². The molecule has 0 aromatic rings. The number of carbonyl (C=O) groups is 1. The van der Waals surface area contributed by atoms with Gasteiger partial charge in [0.05, 0.1) is 4.92 Å². The van der Waals surface area contributed by atoms with E-state index >= 15 is 0 Å². The van der Waals surface area contributed by atoms with E-state index in [-0.39, 0.29) is 11.5 Å². The molecule has 0 aromatic heterocycles. The second-order valence-electron chi connectivity index (χ2n) is 6.09. The summed E-state index contributed by atoms with van der Waals surface area (Å²) >= 11 is 0. The lowest BCUT2D eigenvalue weighted by Crippen LogP contribution is -2.07. The monoisotopic (exact) mass is 367 g/mol. The molecule has 0 aliphatic heterocycles. The van der Waals surface area contributed by atoms with Crippen molar-refractivity contribution in [3.63, 3.8) is 0 Å². The van der Waals surface area contributed by atoms with Crippen molar-refractivity contribution in [3.8, 4) is 0 Å². The molecule has 0 amide bonds. The molecule has 1 N–H and O–H groups in total. The van der Waals surface area contributed by atoms with Crippen LogP contribution in [0, 0.1) is 10.1 Å². The first-order valence-electron chi connectivity index (χ1n) is 9.50. The molecule has 0 bridgehead atoms. The lowest BCUT2D eigenvalue weighted by atomic mass is 10.1. The third kappa shape index (κ3) is 16.9. The molecule has 0 spiro atoms. The van der Waals surface area contributed by atoms with Crippen LogP contribution in [0.1, 0.15) is 71.1 Å². The Morgan fingerprint density at radius 3 is 2.27 bits per heavy atom. The number of allylic oxidation sites excluding steroid dienone is 6. The van der Waals surface area contributed by atoms with Crippen LogP contribution >= 0.6 is 0 Å². The summed E-state index contributed by atoms with van der Waals surface area (Å²) in [5.41, 5.74) is 0.306. The quantitative estimate of drug-likeness (QED) is 0.163. The minimum Gasteiger partial charge on any atom is -0.480 e. The Hall–Kier alpha value is -1.95. The highest BCUT2D eigenvalue weighted by atomic mass is 16.6. The van der Waals surface area contributed by atoms with Crippen LogP contribution in [-0.2, 0) is 9.53 Å². The average Bonchev–Trinajstić information content (AvgIpc) is 2.60. The topological polar surface area (TPSA) is 89.7 Å². The average molecular weight is 367 g/mol. The van der Waals surface area contributed by atoms with Crippen LogP contribution in [0.25, 0.3) is 0 Å². The van der Waals surface area contributed by atoms with Crippen molar-refractivity contribution in [2.24, 2.45) is 0 Å². The van der Waals surface area contributed by atoms with E-state index in [1.54, 1.807) is 6.08 Å². The highest BCUT2D eigenvalue weighted by molar-refractivity contribution is 5.67. The van der Waals surface area contributed by atoms with Gasteiger partial charge in [0, 0.05) is 13.0 Å². The molecule has 6 nitrogen and oxygen atoms in total. The Morgan fingerprint density at radius 1 is 1.00 bits per heavy atom. The molecule has 0 fully saturated rings. The number of nitrogens with zero attached hydrogens (tertiary/aromatic N) is 1. The van der Waals surface area contributed by atoms with Gasteiger partial charge >= 0.3 is 5.97 Å². The number of rotatable bonds is 17. The standard InChI is InChI=1S/C20H33NO5/c1-2-3-4-5-6-9-12-15-19(21(24)25)16-13-10-7-8-11-14-17-26-18-20(22)23/h3-4,6,9,15H,2,5,7-8,10-14,16-18H2,1H3,(H,22,23)/b4-3+,9-6+,19-15-. The summed E-state index contributed by atoms with van der Waals surface area (Å²) in [5.74, 6) is -0.941. The second-order valence-corrected chi connectivity index (χ2v) is 6.09. The van der Waals surface area contributed by atoms with Crippen molar-refractivity contribution in [2.75, 3.05) is 13.2 Å². The van der Waals surface area contributed by atoms with E-state index in [0.717, 1.165) is 51.4 Å². The van der Waals surface area contributed by atoms with Gasteiger partial charge in [-0.1, -0.05) is 56.9 Å². The lowest BCUT2D eigenvalue weighted by molar-refractivity contribution is -0.428. The minimum atomic E-state index is -0.941. The Balaban J connectivity index is 3.74. The first-order chi connectivity index (χ1) is 12.6. The van der Waals surface area contributed by atoms with E-state index in [4.69, 9.17) is 9.84 Å². The zero-order valence-electron chi connectivity index (χ0n) is 15.9. The number of carboxylic acids is 1. The summed E-state index contributed by atoms with van der Waals surface area (Å²) < 4.78 is 4.96. The van der Waals surface area contributed by atoms with Crippen LogP contribution in [-0.4, -0.2) is 29.2 Å². The summed E-state index contributed by atoms with van der Waals surface area (Å²) in [6.07, 6.45) is 18.6.